The number of nitrogens with two attached hydrogens (primary N) is 1. The number of hydrogen-bond acceptors (Lipinski definition) is 4. The summed E-state index contributed by atoms with van der Waals surface area (Å²) >= 11 is 3.15. The van der Waals surface area contributed by atoms with Crippen molar-refractivity contribution < 1.29 is 18.3 Å². The van der Waals surface area contributed by atoms with Gasteiger partial charge in [-0.05, 0) is 22.0 Å². The van der Waals surface area contributed by atoms with E-state index in [4.69, 9.17) is 10.5 Å². The second-order valence-corrected chi connectivity index (χ2v) is 5.88. The van der Waals surface area contributed by atoms with Crippen molar-refractivity contribution in [1.82, 2.24) is 10.3 Å². The van der Waals surface area contributed by atoms with Gasteiger partial charge in [0.05, 0.1) is 4.47 Å². The molecule has 23 heavy (non-hydrogen) atoms. The Morgan fingerprint density at radius 1 is 1.39 bits per heavy atom. The van der Waals surface area contributed by atoms with Gasteiger partial charge in [0.1, 0.15) is 11.9 Å². The second-order valence-electron chi connectivity index (χ2n) is 5.02. The van der Waals surface area contributed by atoms with Crippen LogP contribution < -0.4 is 15.9 Å². The SMILES string of the molecule is CN/N=C(\C(N)=O)N1CCC(Oc2cc(F)c(F)cc2Br)CC1. The van der Waals surface area contributed by atoms with Gasteiger partial charge in [-0.3, -0.25) is 4.79 Å². The van der Waals surface area contributed by atoms with E-state index in [9.17, 15) is 13.6 Å². The molecule has 1 aliphatic rings. The third kappa shape index (κ3) is 4.31. The first-order valence-corrected chi connectivity index (χ1v) is 7.82. The van der Waals surface area contributed by atoms with E-state index in [0.717, 1.165) is 12.1 Å². The summed E-state index contributed by atoms with van der Waals surface area (Å²) in [5.74, 6) is -2.09. The zero-order valence-electron chi connectivity index (χ0n) is 12.5. The van der Waals surface area contributed by atoms with E-state index in [1.807, 2.05) is 0 Å². The van der Waals surface area contributed by atoms with Gasteiger partial charge in [-0.2, -0.15) is 5.10 Å². The quantitative estimate of drug-likeness (QED) is 0.355. The summed E-state index contributed by atoms with van der Waals surface area (Å²) in [6, 6.07) is 2.05. The first-order chi connectivity index (χ1) is 10.9. The lowest BCUT2D eigenvalue weighted by atomic mass is 10.1. The van der Waals surface area contributed by atoms with E-state index in [2.05, 4.69) is 26.5 Å². The zero-order chi connectivity index (χ0) is 17.0. The van der Waals surface area contributed by atoms with Crippen LogP contribution >= 0.6 is 15.9 Å². The minimum absolute atomic E-state index is 0.167. The number of likely N-dealkylation sites (tertiary alicyclic amines) is 1. The van der Waals surface area contributed by atoms with Crippen molar-refractivity contribution in [1.29, 1.82) is 0 Å². The maximum absolute atomic E-state index is 13.3. The number of hydrogen-bond donors (Lipinski definition) is 2. The Balaban J connectivity index is 1.99. The van der Waals surface area contributed by atoms with Crippen LogP contribution in [0.3, 0.4) is 0 Å². The highest BCUT2D eigenvalue weighted by molar-refractivity contribution is 9.10. The fourth-order valence-corrected chi connectivity index (χ4v) is 2.76. The maximum atomic E-state index is 13.3. The van der Waals surface area contributed by atoms with Crippen molar-refractivity contribution >= 4 is 27.7 Å². The Morgan fingerprint density at radius 3 is 2.57 bits per heavy atom. The number of primary amides is 1. The number of nitrogens with one attached hydrogen (secondary N) is 1. The number of halogens is 3. The Morgan fingerprint density at radius 2 is 2.00 bits per heavy atom. The van der Waals surface area contributed by atoms with E-state index in [-0.39, 0.29) is 17.7 Å². The highest BCUT2D eigenvalue weighted by Gasteiger charge is 2.26. The minimum atomic E-state index is -0.960. The molecule has 0 unspecified atom stereocenters. The number of carbonyl (C=O) groups is 1. The van der Waals surface area contributed by atoms with Crippen molar-refractivity contribution in [3.63, 3.8) is 0 Å². The fourth-order valence-electron chi connectivity index (χ4n) is 2.35. The van der Waals surface area contributed by atoms with Crippen LogP contribution in [0.5, 0.6) is 5.75 Å². The number of ether oxygens (including phenoxy) is 1. The molecule has 0 atom stereocenters. The molecule has 1 aromatic rings. The van der Waals surface area contributed by atoms with Crippen molar-refractivity contribution in [3.05, 3.63) is 28.2 Å². The largest absolute Gasteiger partial charge is 0.489 e. The van der Waals surface area contributed by atoms with Gasteiger partial charge in [-0.1, -0.05) is 0 Å². The van der Waals surface area contributed by atoms with E-state index < -0.39 is 17.5 Å². The van der Waals surface area contributed by atoms with Crippen LogP contribution in [-0.4, -0.2) is 42.9 Å². The molecular weight excluding hydrogens is 374 g/mol. The van der Waals surface area contributed by atoms with E-state index in [0.29, 0.717) is 30.4 Å². The van der Waals surface area contributed by atoms with Gasteiger partial charge in [0.25, 0.3) is 5.91 Å². The molecular formula is C14H17BrF2N4O2. The molecule has 1 aromatic carbocycles. The van der Waals surface area contributed by atoms with Crippen LogP contribution in [0.4, 0.5) is 8.78 Å². The molecule has 9 heteroatoms. The molecule has 0 radical (unpaired) electrons. The molecule has 1 fully saturated rings. The lowest BCUT2D eigenvalue weighted by Gasteiger charge is -2.33. The summed E-state index contributed by atoms with van der Waals surface area (Å²) in [7, 11) is 1.58. The van der Waals surface area contributed by atoms with Gasteiger partial charge in [0.2, 0.25) is 5.84 Å². The Hall–Kier alpha value is -1.90. The van der Waals surface area contributed by atoms with Crippen molar-refractivity contribution in [2.45, 2.75) is 18.9 Å². The zero-order valence-corrected chi connectivity index (χ0v) is 14.1. The number of piperidine rings is 1. The van der Waals surface area contributed by atoms with Crippen LogP contribution in [0.2, 0.25) is 0 Å². The molecule has 1 aliphatic heterocycles. The highest BCUT2D eigenvalue weighted by Crippen LogP contribution is 2.30. The lowest BCUT2D eigenvalue weighted by Crippen LogP contribution is -2.47. The van der Waals surface area contributed by atoms with Gasteiger partial charge < -0.3 is 20.8 Å². The van der Waals surface area contributed by atoms with Crippen LogP contribution in [0.25, 0.3) is 0 Å². The molecule has 2 rings (SSSR count). The smallest absolute Gasteiger partial charge is 0.286 e. The fraction of sp³-hybridized carbons (Fsp3) is 0.429. The maximum Gasteiger partial charge on any atom is 0.286 e. The Bertz CT molecular complexity index is 619. The molecule has 0 aliphatic carbocycles. The van der Waals surface area contributed by atoms with Gasteiger partial charge >= 0.3 is 0 Å². The third-order valence-corrected chi connectivity index (χ3v) is 4.07. The Kier molecular flexibility index (Phi) is 5.75. The Labute approximate surface area is 140 Å². The first kappa shape index (κ1) is 17.5. The van der Waals surface area contributed by atoms with Gasteiger partial charge in [-0.15, -0.1) is 0 Å². The summed E-state index contributed by atoms with van der Waals surface area (Å²) in [5, 5.41) is 3.87. The average molecular weight is 391 g/mol. The first-order valence-electron chi connectivity index (χ1n) is 7.02. The van der Waals surface area contributed by atoms with Crippen molar-refractivity contribution in [2.24, 2.45) is 10.8 Å². The van der Waals surface area contributed by atoms with Crippen LogP contribution in [0, 0.1) is 11.6 Å². The molecule has 126 valence electrons. The van der Waals surface area contributed by atoms with E-state index in [1.54, 1.807) is 11.9 Å². The molecule has 0 spiro atoms. The number of hydrazone groups is 1. The minimum Gasteiger partial charge on any atom is -0.489 e. The molecule has 1 heterocycles. The molecule has 3 N–H and O–H groups in total. The highest BCUT2D eigenvalue weighted by atomic mass is 79.9. The van der Waals surface area contributed by atoms with E-state index >= 15 is 0 Å². The van der Waals surface area contributed by atoms with Crippen molar-refractivity contribution in [2.75, 3.05) is 20.1 Å². The van der Waals surface area contributed by atoms with Crippen LogP contribution in [0.1, 0.15) is 12.8 Å². The number of amides is 1. The molecule has 0 bridgehead atoms. The predicted molar refractivity (Wildman–Crippen MR) is 85.0 cm³/mol. The van der Waals surface area contributed by atoms with Gasteiger partial charge in [-0.25, -0.2) is 8.78 Å². The van der Waals surface area contributed by atoms with E-state index in [1.165, 1.54) is 0 Å². The summed E-state index contributed by atoms with van der Waals surface area (Å²) in [6.45, 7) is 1.05. The number of benzene rings is 1. The number of rotatable bonds is 3. The third-order valence-electron chi connectivity index (χ3n) is 3.45. The summed E-state index contributed by atoms with van der Waals surface area (Å²) < 4.78 is 32.5. The topological polar surface area (TPSA) is 79.9 Å². The standard InChI is InChI=1S/C14H17BrF2N4O2/c1-19-20-14(13(18)22)21-4-2-8(3-5-21)23-12-7-11(17)10(16)6-9(12)15/h6-8,19H,2-5H2,1H3,(H2,18,22)/b20-14+. The summed E-state index contributed by atoms with van der Waals surface area (Å²) in [5.41, 5.74) is 7.84. The van der Waals surface area contributed by atoms with Gasteiger partial charge in [0, 0.05) is 39.0 Å². The number of carbonyl (C=O) groups excluding carboxylic acids is 1. The molecule has 6 nitrogen and oxygen atoms in total. The lowest BCUT2D eigenvalue weighted by molar-refractivity contribution is -0.112. The van der Waals surface area contributed by atoms with Crippen molar-refractivity contribution in [3.8, 4) is 5.75 Å². The van der Waals surface area contributed by atoms with Gasteiger partial charge in [0.15, 0.2) is 11.6 Å². The normalized spacial score (nSPS) is 16.3. The number of amidine groups is 1. The molecule has 0 aromatic heterocycles. The molecule has 1 amide bonds. The van der Waals surface area contributed by atoms with Crippen LogP contribution in [0.15, 0.2) is 21.7 Å². The summed E-state index contributed by atoms with van der Waals surface area (Å²) in [4.78, 5) is 13.1. The molecule has 0 saturated carbocycles. The monoisotopic (exact) mass is 390 g/mol. The number of nitrogens with zero attached hydrogens (tertiary/aromatic N) is 2. The summed E-state index contributed by atoms with van der Waals surface area (Å²) in [6.07, 6.45) is 1.03. The second kappa shape index (κ2) is 7.58. The van der Waals surface area contributed by atoms with Crippen LogP contribution in [-0.2, 0) is 4.79 Å². The average Bonchev–Trinajstić information content (AvgIpc) is 2.51. The predicted octanol–water partition coefficient (Wildman–Crippen LogP) is 1.59. The molecule has 1 saturated heterocycles.